The maximum Gasteiger partial charge on any atom is 0.303 e. The number of hydrogen-bond acceptors (Lipinski definition) is 2. The molecule has 1 rings (SSSR count). The third-order valence-electron chi connectivity index (χ3n) is 2.13. The molecule has 0 aliphatic heterocycles. The Labute approximate surface area is 105 Å². The van der Waals surface area contributed by atoms with Crippen molar-refractivity contribution >= 4 is 29.3 Å². The molecule has 0 saturated heterocycles. The van der Waals surface area contributed by atoms with Gasteiger partial charge in [-0.05, 0) is 30.7 Å². The fraction of sp³-hybridized carbons (Fsp3) is 0.417. The SMILES string of the molecule is O=C(O)CCCCCSc1ccccc1Cl. The van der Waals surface area contributed by atoms with E-state index in [-0.39, 0.29) is 6.42 Å². The number of aliphatic carboxylic acids is 1. The van der Waals surface area contributed by atoms with E-state index >= 15 is 0 Å². The molecule has 0 spiro atoms. The van der Waals surface area contributed by atoms with Gasteiger partial charge >= 0.3 is 5.97 Å². The highest BCUT2D eigenvalue weighted by atomic mass is 35.5. The number of carbonyl (C=O) groups is 1. The normalized spacial score (nSPS) is 10.3. The van der Waals surface area contributed by atoms with Gasteiger partial charge in [0, 0.05) is 11.3 Å². The Morgan fingerprint density at radius 1 is 1.25 bits per heavy atom. The average Bonchev–Trinajstić information content (AvgIpc) is 2.25. The van der Waals surface area contributed by atoms with Crippen LogP contribution in [0.2, 0.25) is 5.02 Å². The van der Waals surface area contributed by atoms with Crippen LogP contribution in [0.25, 0.3) is 0 Å². The first-order valence-electron chi connectivity index (χ1n) is 5.29. The second-order valence-corrected chi connectivity index (χ2v) is 5.03. The van der Waals surface area contributed by atoms with E-state index < -0.39 is 5.97 Å². The molecule has 1 N–H and O–H groups in total. The molecule has 0 amide bonds. The number of halogens is 1. The predicted octanol–water partition coefficient (Wildman–Crippen LogP) is 4.08. The van der Waals surface area contributed by atoms with E-state index in [9.17, 15) is 4.79 Å². The van der Waals surface area contributed by atoms with Crippen molar-refractivity contribution in [3.8, 4) is 0 Å². The summed E-state index contributed by atoms with van der Waals surface area (Å²) in [7, 11) is 0. The molecule has 0 heterocycles. The van der Waals surface area contributed by atoms with Crippen LogP contribution < -0.4 is 0 Å². The van der Waals surface area contributed by atoms with E-state index in [0.29, 0.717) is 0 Å². The first-order chi connectivity index (χ1) is 7.70. The van der Waals surface area contributed by atoms with E-state index in [1.165, 1.54) is 0 Å². The number of benzene rings is 1. The molecular weight excluding hydrogens is 244 g/mol. The number of rotatable bonds is 7. The van der Waals surface area contributed by atoms with Crippen LogP contribution >= 0.6 is 23.4 Å². The summed E-state index contributed by atoms with van der Waals surface area (Å²) < 4.78 is 0. The van der Waals surface area contributed by atoms with Gasteiger partial charge in [0.15, 0.2) is 0 Å². The molecule has 0 aliphatic carbocycles. The maximum absolute atomic E-state index is 10.3. The van der Waals surface area contributed by atoms with Crippen LogP contribution in [0, 0.1) is 0 Å². The fourth-order valence-corrected chi connectivity index (χ4v) is 2.55. The van der Waals surface area contributed by atoms with Gasteiger partial charge < -0.3 is 5.11 Å². The standard InChI is InChI=1S/C12H15ClO2S/c13-10-6-3-4-7-11(10)16-9-5-1-2-8-12(14)15/h3-4,6-7H,1-2,5,8-9H2,(H,14,15). The topological polar surface area (TPSA) is 37.3 Å². The third kappa shape index (κ3) is 5.42. The molecule has 0 unspecified atom stereocenters. The first kappa shape index (κ1) is 13.4. The Bertz CT molecular complexity index is 342. The lowest BCUT2D eigenvalue weighted by molar-refractivity contribution is -0.137. The van der Waals surface area contributed by atoms with Crippen molar-refractivity contribution in [1.82, 2.24) is 0 Å². The Hall–Kier alpha value is -0.670. The van der Waals surface area contributed by atoms with Gasteiger partial charge in [0.1, 0.15) is 0 Å². The third-order valence-corrected chi connectivity index (χ3v) is 3.73. The molecule has 88 valence electrons. The molecule has 0 atom stereocenters. The van der Waals surface area contributed by atoms with Crippen LogP contribution in [-0.4, -0.2) is 16.8 Å². The molecular formula is C12H15ClO2S. The van der Waals surface area contributed by atoms with Gasteiger partial charge in [0.2, 0.25) is 0 Å². The van der Waals surface area contributed by atoms with E-state index in [1.807, 2.05) is 24.3 Å². The zero-order valence-electron chi connectivity index (χ0n) is 8.99. The van der Waals surface area contributed by atoms with Gasteiger partial charge in [-0.1, -0.05) is 30.2 Å². The van der Waals surface area contributed by atoms with Crippen molar-refractivity contribution in [2.75, 3.05) is 5.75 Å². The van der Waals surface area contributed by atoms with E-state index in [1.54, 1.807) is 11.8 Å². The molecule has 0 aromatic heterocycles. The minimum Gasteiger partial charge on any atom is -0.481 e. The zero-order chi connectivity index (χ0) is 11.8. The van der Waals surface area contributed by atoms with E-state index in [0.717, 1.165) is 34.9 Å². The second-order valence-electron chi connectivity index (χ2n) is 3.48. The molecule has 16 heavy (non-hydrogen) atoms. The van der Waals surface area contributed by atoms with Crippen LogP contribution in [0.15, 0.2) is 29.2 Å². The van der Waals surface area contributed by atoms with Crippen LogP contribution in [0.1, 0.15) is 25.7 Å². The molecule has 0 fully saturated rings. The lowest BCUT2D eigenvalue weighted by atomic mass is 10.2. The molecule has 0 aliphatic rings. The number of thioether (sulfide) groups is 1. The highest BCUT2D eigenvalue weighted by Crippen LogP contribution is 2.27. The molecule has 1 aromatic rings. The van der Waals surface area contributed by atoms with Crippen molar-refractivity contribution < 1.29 is 9.90 Å². The molecule has 0 saturated carbocycles. The zero-order valence-corrected chi connectivity index (χ0v) is 10.6. The molecule has 1 aromatic carbocycles. The summed E-state index contributed by atoms with van der Waals surface area (Å²) in [5.41, 5.74) is 0. The predicted molar refractivity (Wildman–Crippen MR) is 68.3 cm³/mol. The van der Waals surface area contributed by atoms with Crippen molar-refractivity contribution in [1.29, 1.82) is 0 Å². The van der Waals surface area contributed by atoms with Gasteiger partial charge in [-0.3, -0.25) is 4.79 Å². The second kappa shape index (κ2) is 7.58. The lowest BCUT2D eigenvalue weighted by Crippen LogP contribution is -1.93. The van der Waals surface area contributed by atoms with Gasteiger partial charge in [-0.2, -0.15) is 0 Å². The largest absolute Gasteiger partial charge is 0.481 e. The highest BCUT2D eigenvalue weighted by Gasteiger charge is 2.00. The maximum atomic E-state index is 10.3. The summed E-state index contributed by atoms with van der Waals surface area (Å²) >= 11 is 7.73. The van der Waals surface area contributed by atoms with Crippen molar-refractivity contribution in [3.63, 3.8) is 0 Å². The Morgan fingerprint density at radius 2 is 2.00 bits per heavy atom. The quantitative estimate of drug-likeness (QED) is 0.592. The smallest absolute Gasteiger partial charge is 0.303 e. The highest BCUT2D eigenvalue weighted by molar-refractivity contribution is 7.99. The minimum absolute atomic E-state index is 0.275. The Balaban J connectivity index is 2.12. The van der Waals surface area contributed by atoms with Crippen molar-refractivity contribution in [2.45, 2.75) is 30.6 Å². The summed E-state index contributed by atoms with van der Waals surface area (Å²) in [5.74, 6) is 0.280. The minimum atomic E-state index is -0.709. The average molecular weight is 259 g/mol. The van der Waals surface area contributed by atoms with Gasteiger partial charge in [-0.15, -0.1) is 11.8 Å². The summed E-state index contributed by atoms with van der Waals surface area (Å²) in [6.45, 7) is 0. The molecule has 4 heteroatoms. The summed E-state index contributed by atoms with van der Waals surface area (Å²) in [6.07, 6.45) is 3.03. The fourth-order valence-electron chi connectivity index (χ4n) is 1.30. The van der Waals surface area contributed by atoms with E-state index in [2.05, 4.69) is 0 Å². The molecule has 0 bridgehead atoms. The summed E-state index contributed by atoms with van der Waals surface area (Å²) in [4.78, 5) is 11.4. The van der Waals surface area contributed by atoms with E-state index in [4.69, 9.17) is 16.7 Å². The molecule has 0 radical (unpaired) electrons. The van der Waals surface area contributed by atoms with Gasteiger partial charge in [-0.25, -0.2) is 0 Å². The lowest BCUT2D eigenvalue weighted by Gasteiger charge is -2.03. The van der Waals surface area contributed by atoms with Crippen LogP contribution in [0.4, 0.5) is 0 Å². The number of carboxylic acids is 1. The monoisotopic (exact) mass is 258 g/mol. The molecule has 2 nitrogen and oxygen atoms in total. The summed E-state index contributed by atoms with van der Waals surface area (Å²) in [5, 5.41) is 9.25. The first-order valence-corrected chi connectivity index (χ1v) is 6.65. The number of unbranched alkanes of at least 4 members (excludes halogenated alkanes) is 2. The van der Waals surface area contributed by atoms with Gasteiger partial charge in [0.05, 0.1) is 5.02 Å². The number of carboxylic acid groups (broad SMARTS) is 1. The van der Waals surface area contributed by atoms with Crippen LogP contribution in [-0.2, 0) is 4.79 Å². The Morgan fingerprint density at radius 3 is 2.69 bits per heavy atom. The number of hydrogen-bond donors (Lipinski definition) is 1. The Kier molecular flexibility index (Phi) is 6.34. The van der Waals surface area contributed by atoms with Crippen LogP contribution in [0.3, 0.4) is 0 Å². The van der Waals surface area contributed by atoms with Crippen molar-refractivity contribution in [3.05, 3.63) is 29.3 Å². The van der Waals surface area contributed by atoms with Gasteiger partial charge in [0.25, 0.3) is 0 Å². The van der Waals surface area contributed by atoms with Crippen molar-refractivity contribution in [2.24, 2.45) is 0 Å². The van der Waals surface area contributed by atoms with Crippen LogP contribution in [0.5, 0.6) is 0 Å². The summed E-state index contributed by atoms with van der Waals surface area (Å²) in [6, 6.07) is 7.77.